The summed E-state index contributed by atoms with van der Waals surface area (Å²) >= 11 is 3.39. The predicted octanol–water partition coefficient (Wildman–Crippen LogP) is 2.16. The van der Waals surface area contributed by atoms with Gasteiger partial charge in [0, 0.05) is 0 Å². The van der Waals surface area contributed by atoms with Crippen LogP contribution in [0.2, 0.25) is 0 Å². The van der Waals surface area contributed by atoms with Crippen LogP contribution < -0.4 is 10.5 Å². The fraction of sp³-hybridized carbons (Fsp3) is 0.364. The van der Waals surface area contributed by atoms with E-state index >= 15 is 0 Å². The lowest BCUT2D eigenvalue weighted by Gasteiger charge is -2.16. The Kier molecular flexibility index (Phi) is 3.93. The average Bonchev–Trinajstić information content (AvgIpc) is 2.23. The molecule has 1 aromatic carbocycles. The van der Waals surface area contributed by atoms with Crippen LogP contribution in [0.25, 0.3) is 0 Å². The summed E-state index contributed by atoms with van der Waals surface area (Å²) < 4.78 is 5.97. The van der Waals surface area contributed by atoms with E-state index in [1.165, 1.54) is 0 Å². The van der Waals surface area contributed by atoms with Crippen LogP contribution >= 0.6 is 15.9 Å². The zero-order valence-corrected chi connectivity index (χ0v) is 11.0. The van der Waals surface area contributed by atoms with Gasteiger partial charge in [-0.25, -0.2) is 0 Å². The van der Waals surface area contributed by atoms with Crippen molar-refractivity contribution >= 4 is 21.9 Å². The van der Waals surface area contributed by atoms with E-state index < -0.39 is 12.0 Å². The Morgan fingerprint density at radius 3 is 2.56 bits per heavy atom. The number of ether oxygens (including phenoxy) is 1. The fourth-order valence-electron chi connectivity index (χ4n) is 1.58. The van der Waals surface area contributed by atoms with Crippen molar-refractivity contribution in [3.63, 3.8) is 0 Å². The van der Waals surface area contributed by atoms with Gasteiger partial charge in [-0.15, -0.1) is 0 Å². The molecule has 1 rings (SSSR count). The van der Waals surface area contributed by atoms with E-state index in [1.807, 2.05) is 13.8 Å². The summed E-state index contributed by atoms with van der Waals surface area (Å²) in [7, 11) is 1.57. The molecule has 16 heavy (non-hydrogen) atoms. The Balaban J connectivity index is 3.39. The molecule has 0 saturated carbocycles. The highest BCUT2D eigenvalue weighted by molar-refractivity contribution is 9.10. The summed E-state index contributed by atoms with van der Waals surface area (Å²) in [5.41, 5.74) is 7.84. The number of rotatable bonds is 3. The van der Waals surface area contributed by atoms with E-state index in [9.17, 15) is 4.79 Å². The number of carboxylic acid groups (broad SMARTS) is 1. The minimum absolute atomic E-state index is 0.595. The van der Waals surface area contributed by atoms with Gasteiger partial charge >= 0.3 is 5.97 Å². The van der Waals surface area contributed by atoms with E-state index in [0.29, 0.717) is 11.3 Å². The molecule has 5 heteroatoms. The number of nitrogens with two attached hydrogens (primary N) is 1. The quantitative estimate of drug-likeness (QED) is 0.894. The Hall–Kier alpha value is -1.07. The summed E-state index contributed by atoms with van der Waals surface area (Å²) in [6, 6.07) is 0.735. The smallest absolute Gasteiger partial charge is 0.325 e. The second kappa shape index (κ2) is 4.84. The topological polar surface area (TPSA) is 72.5 Å². The monoisotopic (exact) mass is 287 g/mol. The first kappa shape index (κ1) is 13.0. The molecule has 1 aromatic rings. The molecule has 0 aliphatic carbocycles. The molecule has 0 radical (unpaired) electrons. The lowest BCUT2D eigenvalue weighted by Crippen LogP contribution is -2.22. The molecule has 0 spiro atoms. The number of carbonyl (C=O) groups is 1. The molecule has 0 fully saturated rings. The third-order valence-corrected chi connectivity index (χ3v) is 3.45. The summed E-state index contributed by atoms with van der Waals surface area (Å²) in [5, 5.41) is 8.90. The van der Waals surface area contributed by atoms with Gasteiger partial charge in [-0.05, 0) is 52.5 Å². The second-order valence-electron chi connectivity index (χ2n) is 3.57. The van der Waals surface area contributed by atoms with Crippen LogP contribution in [0.1, 0.15) is 22.7 Å². The molecule has 0 aromatic heterocycles. The number of hydrogen-bond acceptors (Lipinski definition) is 3. The van der Waals surface area contributed by atoms with Crippen molar-refractivity contribution in [2.45, 2.75) is 19.9 Å². The largest absolute Gasteiger partial charge is 0.495 e. The number of methoxy groups -OCH3 is 1. The van der Waals surface area contributed by atoms with Crippen LogP contribution in [0.5, 0.6) is 5.75 Å². The lowest BCUT2D eigenvalue weighted by atomic mass is 9.99. The Labute approximate surface area is 103 Å². The van der Waals surface area contributed by atoms with Crippen molar-refractivity contribution in [3.05, 3.63) is 27.2 Å². The molecule has 3 N–H and O–H groups in total. The Morgan fingerprint density at radius 1 is 1.56 bits per heavy atom. The maximum Gasteiger partial charge on any atom is 0.325 e. The van der Waals surface area contributed by atoms with Crippen molar-refractivity contribution in [1.29, 1.82) is 0 Å². The highest BCUT2D eigenvalue weighted by Crippen LogP contribution is 2.35. The van der Waals surface area contributed by atoms with E-state index in [4.69, 9.17) is 15.6 Å². The molecule has 0 aliphatic rings. The lowest BCUT2D eigenvalue weighted by molar-refractivity contribution is -0.138. The third-order valence-electron chi connectivity index (χ3n) is 2.50. The fourth-order valence-corrected chi connectivity index (χ4v) is 2.29. The first-order chi connectivity index (χ1) is 7.40. The second-order valence-corrected chi connectivity index (χ2v) is 4.36. The number of aryl methyl sites for hydroxylation is 1. The SMILES string of the molecule is COc1c(C)cc(C(N)C(=O)O)c(C)c1Br. The highest BCUT2D eigenvalue weighted by atomic mass is 79.9. The molecule has 4 nitrogen and oxygen atoms in total. The molecule has 0 bridgehead atoms. The van der Waals surface area contributed by atoms with E-state index in [2.05, 4.69) is 15.9 Å². The number of aliphatic carboxylic acids is 1. The first-order valence-electron chi connectivity index (χ1n) is 4.72. The van der Waals surface area contributed by atoms with E-state index in [0.717, 1.165) is 15.6 Å². The normalized spacial score (nSPS) is 12.3. The van der Waals surface area contributed by atoms with Crippen LogP contribution in [0.15, 0.2) is 10.5 Å². The Bertz CT molecular complexity index is 432. The zero-order valence-electron chi connectivity index (χ0n) is 9.37. The summed E-state index contributed by atoms with van der Waals surface area (Å²) in [6.45, 7) is 3.66. The summed E-state index contributed by atoms with van der Waals surface area (Å²) in [5.74, 6) is -0.335. The van der Waals surface area contributed by atoms with Gasteiger partial charge < -0.3 is 15.6 Å². The minimum Gasteiger partial charge on any atom is -0.495 e. The van der Waals surface area contributed by atoms with Crippen molar-refractivity contribution in [1.82, 2.24) is 0 Å². The highest BCUT2D eigenvalue weighted by Gasteiger charge is 2.20. The average molecular weight is 288 g/mol. The van der Waals surface area contributed by atoms with Gasteiger partial charge in [-0.1, -0.05) is 0 Å². The molecule has 88 valence electrons. The maximum absolute atomic E-state index is 10.9. The van der Waals surface area contributed by atoms with Crippen LogP contribution in [-0.2, 0) is 4.79 Å². The molecule has 1 unspecified atom stereocenters. The number of benzene rings is 1. The molecule has 0 heterocycles. The van der Waals surface area contributed by atoms with Crippen LogP contribution in [0.4, 0.5) is 0 Å². The van der Waals surface area contributed by atoms with Crippen molar-refractivity contribution < 1.29 is 14.6 Å². The van der Waals surface area contributed by atoms with Gasteiger partial charge in [0.1, 0.15) is 11.8 Å². The van der Waals surface area contributed by atoms with Crippen LogP contribution in [-0.4, -0.2) is 18.2 Å². The van der Waals surface area contributed by atoms with E-state index in [1.54, 1.807) is 13.2 Å². The number of hydrogen-bond donors (Lipinski definition) is 2. The molecule has 1 atom stereocenters. The Morgan fingerprint density at radius 2 is 2.12 bits per heavy atom. The standard InChI is InChI=1S/C11H14BrNO3/c1-5-4-7(9(13)11(14)15)6(2)8(12)10(5)16-3/h4,9H,13H2,1-3H3,(H,14,15). The number of halogens is 1. The van der Waals surface area contributed by atoms with Gasteiger partial charge in [0.05, 0.1) is 11.6 Å². The van der Waals surface area contributed by atoms with Crippen molar-refractivity contribution in [3.8, 4) is 5.75 Å². The van der Waals surface area contributed by atoms with Gasteiger partial charge in [0.2, 0.25) is 0 Å². The van der Waals surface area contributed by atoms with Crippen molar-refractivity contribution in [2.24, 2.45) is 5.73 Å². The molecule has 0 saturated heterocycles. The van der Waals surface area contributed by atoms with Crippen molar-refractivity contribution in [2.75, 3.05) is 7.11 Å². The van der Waals surface area contributed by atoms with E-state index in [-0.39, 0.29) is 0 Å². The van der Waals surface area contributed by atoms with Crippen LogP contribution in [0.3, 0.4) is 0 Å². The van der Waals surface area contributed by atoms with Gasteiger partial charge in [-0.3, -0.25) is 4.79 Å². The minimum atomic E-state index is -1.04. The predicted molar refractivity (Wildman–Crippen MR) is 64.7 cm³/mol. The zero-order chi connectivity index (χ0) is 12.5. The van der Waals surface area contributed by atoms with Gasteiger partial charge in [0.15, 0.2) is 0 Å². The van der Waals surface area contributed by atoms with Gasteiger partial charge in [0.25, 0.3) is 0 Å². The number of carboxylic acids is 1. The first-order valence-corrected chi connectivity index (χ1v) is 5.51. The summed E-state index contributed by atoms with van der Waals surface area (Å²) in [6.07, 6.45) is 0. The molecular formula is C11H14BrNO3. The third kappa shape index (κ3) is 2.20. The molecular weight excluding hydrogens is 274 g/mol. The van der Waals surface area contributed by atoms with Crippen LogP contribution in [0, 0.1) is 13.8 Å². The summed E-state index contributed by atoms with van der Waals surface area (Å²) in [4.78, 5) is 10.9. The van der Waals surface area contributed by atoms with Gasteiger partial charge in [-0.2, -0.15) is 0 Å². The maximum atomic E-state index is 10.9. The molecule has 0 amide bonds. The molecule has 0 aliphatic heterocycles.